The Morgan fingerprint density at radius 1 is 1.56 bits per heavy atom. The van der Waals surface area contributed by atoms with E-state index in [1.807, 2.05) is 6.92 Å². The second kappa shape index (κ2) is 6.38. The molecule has 1 aliphatic heterocycles. The Balaban J connectivity index is 2.46. The van der Waals surface area contributed by atoms with Crippen LogP contribution in [0.1, 0.15) is 27.7 Å². The average Bonchev–Trinajstić information content (AvgIpc) is 2.28. The molecule has 1 heterocycles. The van der Waals surface area contributed by atoms with Gasteiger partial charge in [0.1, 0.15) is 0 Å². The van der Waals surface area contributed by atoms with Gasteiger partial charge in [0, 0.05) is 19.7 Å². The van der Waals surface area contributed by atoms with Gasteiger partial charge in [-0.05, 0) is 12.3 Å². The first-order valence-electron chi connectivity index (χ1n) is 6.50. The number of nitrogens with zero attached hydrogens (tertiary/aromatic N) is 1. The smallest absolute Gasteiger partial charge is 0.317 e. The van der Waals surface area contributed by atoms with Gasteiger partial charge in [0.05, 0.1) is 25.9 Å². The van der Waals surface area contributed by atoms with Gasteiger partial charge in [0.15, 0.2) is 0 Å². The largest absolute Gasteiger partial charge is 0.382 e. The molecule has 2 atom stereocenters. The van der Waals surface area contributed by atoms with E-state index in [4.69, 9.17) is 9.47 Å². The molecule has 1 fully saturated rings. The van der Waals surface area contributed by atoms with Crippen LogP contribution in [0.5, 0.6) is 0 Å². The minimum Gasteiger partial charge on any atom is -0.382 e. The Labute approximate surface area is 110 Å². The highest BCUT2D eigenvalue weighted by Crippen LogP contribution is 2.19. The lowest BCUT2D eigenvalue weighted by atomic mass is 9.88. The van der Waals surface area contributed by atoms with Gasteiger partial charge in [-0.2, -0.15) is 0 Å². The second-order valence-electron chi connectivity index (χ2n) is 5.93. The lowest BCUT2D eigenvalue weighted by Crippen LogP contribution is -2.54. The predicted octanol–water partition coefficient (Wildman–Crippen LogP) is 1.48. The van der Waals surface area contributed by atoms with Crippen molar-refractivity contribution in [1.82, 2.24) is 10.2 Å². The van der Waals surface area contributed by atoms with E-state index in [1.54, 1.807) is 12.0 Å². The lowest BCUT2D eigenvalue weighted by Gasteiger charge is -2.35. The Hall–Kier alpha value is -0.810. The van der Waals surface area contributed by atoms with Crippen LogP contribution in [0.25, 0.3) is 0 Å². The lowest BCUT2D eigenvalue weighted by molar-refractivity contribution is -0.0498. The highest BCUT2D eigenvalue weighted by molar-refractivity contribution is 5.74. The van der Waals surface area contributed by atoms with Crippen LogP contribution < -0.4 is 5.32 Å². The summed E-state index contributed by atoms with van der Waals surface area (Å²) in [6.45, 7) is 10.7. The van der Waals surface area contributed by atoms with Gasteiger partial charge in [-0.15, -0.1) is 0 Å². The molecule has 106 valence electrons. The van der Waals surface area contributed by atoms with Crippen LogP contribution in [0.4, 0.5) is 4.79 Å². The summed E-state index contributed by atoms with van der Waals surface area (Å²) in [6.07, 6.45) is -0.0144. The number of nitrogens with one attached hydrogen (secondary N) is 1. The molecule has 5 heteroatoms. The molecule has 0 saturated carbocycles. The fourth-order valence-corrected chi connectivity index (χ4v) is 1.68. The van der Waals surface area contributed by atoms with Crippen molar-refractivity contribution in [3.05, 3.63) is 0 Å². The number of methoxy groups -OCH3 is 1. The molecule has 0 aromatic heterocycles. The fraction of sp³-hybridized carbons (Fsp3) is 0.923. The number of morpholine rings is 1. The molecule has 1 saturated heterocycles. The molecule has 5 nitrogen and oxygen atoms in total. The molecule has 0 aromatic rings. The monoisotopic (exact) mass is 258 g/mol. The number of amides is 2. The minimum atomic E-state index is -0.0144. The van der Waals surface area contributed by atoms with E-state index in [2.05, 4.69) is 26.1 Å². The number of carbonyl (C=O) groups is 1. The second-order valence-corrected chi connectivity index (χ2v) is 5.93. The fourth-order valence-electron chi connectivity index (χ4n) is 1.68. The number of hydrogen-bond acceptors (Lipinski definition) is 3. The Bertz CT molecular complexity index is 274. The van der Waals surface area contributed by atoms with E-state index in [0.29, 0.717) is 26.3 Å². The van der Waals surface area contributed by atoms with Crippen LogP contribution in [0, 0.1) is 5.41 Å². The molecular weight excluding hydrogens is 232 g/mol. The van der Waals surface area contributed by atoms with Crippen molar-refractivity contribution in [3.63, 3.8) is 0 Å². The normalized spacial score (nSPS) is 22.7. The molecule has 0 spiro atoms. The van der Waals surface area contributed by atoms with Crippen LogP contribution in [0.2, 0.25) is 0 Å². The van der Waals surface area contributed by atoms with Gasteiger partial charge in [0.25, 0.3) is 0 Å². The van der Waals surface area contributed by atoms with Crippen molar-refractivity contribution in [2.24, 2.45) is 5.41 Å². The molecular formula is C13H26N2O3. The van der Waals surface area contributed by atoms with Gasteiger partial charge in [-0.3, -0.25) is 0 Å². The third-order valence-corrected chi connectivity index (χ3v) is 3.42. The molecule has 0 radical (unpaired) electrons. The SMILES string of the molecule is COC[C@H]1CN(C(=O)N[C@H](C)C(C)(C)C)CCO1. The average molecular weight is 258 g/mol. The molecule has 1 rings (SSSR count). The van der Waals surface area contributed by atoms with Crippen LogP contribution >= 0.6 is 0 Å². The standard InChI is InChI=1S/C13H26N2O3/c1-10(13(2,3)4)14-12(16)15-6-7-18-11(8-15)9-17-5/h10-11H,6-9H2,1-5H3,(H,14,16)/t10-,11-/m1/s1. The van der Waals surface area contributed by atoms with E-state index < -0.39 is 0 Å². The summed E-state index contributed by atoms with van der Waals surface area (Å²) in [5.41, 5.74) is 0.0634. The third kappa shape index (κ3) is 4.46. The van der Waals surface area contributed by atoms with E-state index in [0.717, 1.165) is 0 Å². The number of rotatable bonds is 3. The van der Waals surface area contributed by atoms with E-state index in [9.17, 15) is 4.79 Å². The van der Waals surface area contributed by atoms with Crippen molar-refractivity contribution in [1.29, 1.82) is 0 Å². The van der Waals surface area contributed by atoms with Crippen molar-refractivity contribution in [2.75, 3.05) is 33.4 Å². The summed E-state index contributed by atoms with van der Waals surface area (Å²) < 4.78 is 10.6. The molecule has 2 amide bonds. The molecule has 0 aromatic carbocycles. The number of urea groups is 1. The maximum atomic E-state index is 12.1. The third-order valence-electron chi connectivity index (χ3n) is 3.42. The van der Waals surface area contributed by atoms with Crippen molar-refractivity contribution >= 4 is 6.03 Å². The first-order valence-corrected chi connectivity index (χ1v) is 6.50. The van der Waals surface area contributed by atoms with Gasteiger partial charge in [0.2, 0.25) is 0 Å². The Morgan fingerprint density at radius 2 is 2.22 bits per heavy atom. The maximum absolute atomic E-state index is 12.1. The molecule has 1 N–H and O–H groups in total. The first kappa shape index (κ1) is 15.2. The van der Waals surface area contributed by atoms with E-state index >= 15 is 0 Å². The zero-order valence-corrected chi connectivity index (χ0v) is 12.2. The quantitative estimate of drug-likeness (QED) is 0.834. The first-order chi connectivity index (χ1) is 8.34. The van der Waals surface area contributed by atoms with Gasteiger partial charge < -0.3 is 19.7 Å². The van der Waals surface area contributed by atoms with Crippen molar-refractivity contribution in [2.45, 2.75) is 39.8 Å². The molecule has 0 aliphatic carbocycles. The Kier molecular flexibility index (Phi) is 5.41. The van der Waals surface area contributed by atoms with E-state index in [-0.39, 0.29) is 23.6 Å². The number of carbonyl (C=O) groups excluding carboxylic acids is 1. The van der Waals surface area contributed by atoms with Crippen LogP contribution in [-0.2, 0) is 9.47 Å². The molecule has 0 bridgehead atoms. The minimum absolute atomic E-state index is 0.0122. The van der Waals surface area contributed by atoms with Gasteiger partial charge in [-0.1, -0.05) is 20.8 Å². The molecule has 1 aliphatic rings. The van der Waals surface area contributed by atoms with Gasteiger partial charge in [-0.25, -0.2) is 4.79 Å². The van der Waals surface area contributed by atoms with E-state index in [1.165, 1.54) is 0 Å². The predicted molar refractivity (Wildman–Crippen MR) is 70.6 cm³/mol. The Morgan fingerprint density at radius 3 is 2.78 bits per heavy atom. The highest BCUT2D eigenvalue weighted by Gasteiger charge is 2.27. The summed E-state index contributed by atoms with van der Waals surface area (Å²) >= 11 is 0. The summed E-state index contributed by atoms with van der Waals surface area (Å²) in [5.74, 6) is 0. The summed E-state index contributed by atoms with van der Waals surface area (Å²) in [5, 5.41) is 3.04. The summed E-state index contributed by atoms with van der Waals surface area (Å²) in [6, 6.07) is 0.121. The number of hydrogen-bond donors (Lipinski definition) is 1. The van der Waals surface area contributed by atoms with Crippen molar-refractivity contribution in [3.8, 4) is 0 Å². The number of ether oxygens (including phenoxy) is 2. The van der Waals surface area contributed by atoms with Gasteiger partial charge >= 0.3 is 6.03 Å². The molecule has 0 unspecified atom stereocenters. The van der Waals surface area contributed by atoms with Crippen LogP contribution in [0.15, 0.2) is 0 Å². The maximum Gasteiger partial charge on any atom is 0.317 e. The van der Waals surface area contributed by atoms with Crippen LogP contribution in [-0.4, -0.2) is 56.5 Å². The highest BCUT2D eigenvalue weighted by atomic mass is 16.5. The molecule has 18 heavy (non-hydrogen) atoms. The van der Waals surface area contributed by atoms with Crippen molar-refractivity contribution < 1.29 is 14.3 Å². The zero-order valence-electron chi connectivity index (χ0n) is 12.2. The van der Waals surface area contributed by atoms with Crippen LogP contribution in [0.3, 0.4) is 0 Å². The summed E-state index contributed by atoms with van der Waals surface area (Å²) in [4.78, 5) is 13.9. The zero-order chi connectivity index (χ0) is 13.8. The topological polar surface area (TPSA) is 50.8 Å². The summed E-state index contributed by atoms with van der Waals surface area (Å²) in [7, 11) is 1.64.